The average molecular weight is 597 g/mol. The molecule has 0 unspecified atom stereocenters. The van der Waals surface area contributed by atoms with Crippen LogP contribution in [0.15, 0.2) is 47.1 Å². The summed E-state index contributed by atoms with van der Waals surface area (Å²) in [6.45, 7) is 3.31. The zero-order valence-corrected chi connectivity index (χ0v) is 25.0. The van der Waals surface area contributed by atoms with Crippen LogP contribution in [0.3, 0.4) is 0 Å². The van der Waals surface area contributed by atoms with Gasteiger partial charge in [0, 0.05) is 17.9 Å². The van der Waals surface area contributed by atoms with Gasteiger partial charge in [-0.2, -0.15) is 0 Å². The van der Waals surface area contributed by atoms with Gasteiger partial charge in [0.2, 0.25) is 0 Å². The molecule has 1 aromatic carbocycles. The van der Waals surface area contributed by atoms with Crippen molar-refractivity contribution < 1.29 is 39.6 Å². The van der Waals surface area contributed by atoms with Crippen molar-refractivity contribution in [1.29, 1.82) is 0 Å². The van der Waals surface area contributed by atoms with E-state index in [4.69, 9.17) is 4.84 Å². The lowest BCUT2D eigenvalue weighted by Gasteiger charge is -2.60. The number of aliphatic hydroxyl groups excluding tert-OH is 2. The first-order chi connectivity index (χ1) is 20.4. The first kappa shape index (κ1) is 31.3. The number of fused-ring (bicyclic) bond motifs is 5. The van der Waals surface area contributed by atoms with Crippen LogP contribution in [0.25, 0.3) is 0 Å². The Kier molecular flexibility index (Phi) is 8.84. The first-order valence-corrected chi connectivity index (χ1v) is 15.4. The van der Waals surface area contributed by atoms with E-state index in [-0.39, 0.29) is 54.6 Å². The largest absolute Gasteiger partial charge is 0.481 e. The number of ketones is 1. The minimum absolute atomic E-state index is 0.00578. The maximum Gasteiger partial charge on any atom is 0.304 e. The second kappa shape index (κ2) is 12.1. The lowest BCUT2D eigenvalue weighted by molar-refractivity contribution is -0.181. The van der Waals surface area contributed by atoms with Crippen molar-refractivity contribution in [3.63, 3.8) is 0 Å². The van der Waals surface area contributed by atoms with E-state index in [1.807, 2.05) is 43.3 Å². The topological polar surface area (TPSA) is 166 Å². The van der Waals surface area contributed by atoms with Crippen molar-refractivity contribution in [3.8, 4) is 0 Å². The smallest absolute Gasteiger partial charge is 0.304 e. The number of carbonyl (C=O) groups is 3. The molecule has 4 aliphatic carbocycles. The highest BCUT2D eigenvalue weighted by Crippen LogP contribution is 2.67. The average Bonchev–Trinajstić information content (AvgIpc) is 3.25. The summed E-state index contributed by atoms with van der Waals surface area (Å²) in [5.74, 6) is -1.97. The predicted molar refractivity (Wildman–Crippen MR) is 158 cm³/mol. The number of nitrogens with one attached hydrogen (secondary N) is 1. The fourth-order valence-corrected chi connectivity index (χ4v) is 9.07. The Balaban J connectivity index is 1.21. The van der Waals surface area contributed by atoms with Crippen LogP contribution in [0.4, 0.5) is 0 Å². The number of amides is 1. The fraction of sp³-hybridized carbons (Fsp3) is 0.636. The molecule has 0 heterocycles. The second-order valence-corrected chi connectivity index (χ2v) is 13.5. The van der Waals surface area contributed by atoms with Crippen LogP contribution in [0.2, 0.25) is 0 Å². The molecule has 234 valence electrons. The maximum atomic E-state index is 12.6. The molecule has 5 N–H and O–H groups in total. The highest BCUT2D eigenvalue weighted by Gasteiger charge is 2.68. The van der Waals surface area contributed by atoms with Crippen LogP contribution < -0.4 is 5.32 Å². The third-order valence-electron chi connectivity index (χ3n) is 11.3. The van der Waals surface area contributed by atoms with Crippen molar-refractivity contribution in [3.05, 3.63) is 47.5 Å². The number of aliphatic hydroxyl groups is 3. The summed E-state index contributed by atoms with van der Waals surface area (Å²) in [6.07, 6.45) is 5.63. The van der Waals surface area contributed by atoms with E-state index in [0.29, 0.717) is 25.7 Å². The van der Waals surface area contributed by atoms with Crippen molar-refractivity contribution in [2.24, 2.45) is 33.7 Å². The van der Waals surface area contributed by atoms with Crippen molar-refractivity contribution in [2.45, 2.75) is 82.8 Å². The number of nitrogens with zero attached hydrogens (tertiary/aromatic N) is 1. The predicted octanol–water partition coefficient (Wildman–Crippen LogP) is 2.96. The normalized spacial score (nSPS) is 36.5. The van der Waals surface area contributed by atoms with Gasteiger partial charge in [0.05, 0.1) is 18.2 Å². The number of oxime groups is 1. The Morgan fingerprint density at radius 3 is 2.56 bits per heavy atom. The van der Waals surface area contributed by atoms with Crippen LogP contribution in [0.1, 0.15) is 76.7 Å². The SMILES string of the molecule is C[C@]12CC/C(=N\OCC(=O)NC[C@@H](CC(=O)O)c3ccccc3)C=C1CC[C@@H]1[C@@H]2[C@H](O)C[C@@]2(C)[C@H]1CC[C@]2(O)C(=O)CO. The summed E-state index contributed by atoms with van der Waals surface area (Å²) in [5.41, 5.74) is 0.157. The Bertz CT molecular complexity index is 1300. The van der Waals surface area contributed by atoms with E-state index >= 15 is 0 Å². The third kappa shape index (κ3) is 5.65. The van der Waals surface area contributed by atoms with Crippen molar-refractivity contribution in [1.82, 2.24) is 5.32 Å². The summed E-state index contributed by atoms with van der Waals surface area (Å²) in [7, 11) is 0. The van der Waals surface area contributed by atoms with Crippen molar-refractivity contribution >= 4 is 23.4 Å². The van der Waals surface area contributed by atoms with Crippen LogP contribution in [-0.2, 0) is 19.2 Å². The second-order valence-electron chi connectivity index (χ2n) is 13.5. The number of carboxylic acids is 1. The molecule has 8 atom stereocenters. The minimum atomic E-state index is -1.61. The first-order valence-electron chi connectivity index (χ1n) is 15.4. The molecule has 0 spiro atoms. The Hall–Kier alpha value is -3.08. The van der Waals surface area contributed by atoms with Gasteiger partial charge in [-0.1, -0.05) is 54.9 Å². The van der Waals surface area contributed by atoms with Crippen molar-refractivity contribution in [2.75, 3.05) is 19.8 Å². The van der Waals surface area contributed by atoms with E-state index in [1.165, 1.54) is 5.57 Å². The molecule has 0 aromatic heterocycles. The van der Waals surface area contributed by atoms with Gasteiger partial charge in [0.15, 0.2) is 12.4 Å². The molecule has 4 aliphatic rings. The zero-order valence-electron chi connectivity index (χ0n) is 25.0. The Labute approximate surface area is 252 Å². The number of aliphatic carboxylic acids is 1. The van der Waals surface area contributed by atoms with E-state index in [1.54, 1.807) is 0 Å². The number of benzene rings is 1. The Morgan fingerprint density at radius 1 is 1.12 bits per heavy atom. The van der Waals surface area contributed by atoms with Gasteiger partial charge >= 0.3 is 5.97 Å². The monoisotopic (exact) mass is 596 g/mol. The van der Waals surface area contributed by atoms with Gasteiger partial charge in [-0.3, -0.25) is 14.4 Å². The standard InChI is InChI=1S/C33H44N2O8/c1-31-12-10-23(35-43-19-28(39)34-17-21(14-29(40)41)20-6-4-3-5-7-20)15-22(31)8-9-24-25-11-13-33(42,27(38)18-36)32(25,2)16-26(37)30(24)31/h3-7,15,21,24-26,30,36-37,42H,8-14,16-19H2,1-2H3,(H,34,39)(H,40,41)/b35-23+/t21-,24+,25+,26-,30-,31+,32+,33+/m1/s1. The van der Waals surface area contributed by atoms with Crippen LogP contribution in [0, 0.1) is 28.6 Å². The molecular formula is C33H44N2O8. The highest BCUT2D eigenvalue weighted by atomic mass is 16.6. The molecule has 1 aromatic rings. The zero-order chi connectivity index (χ0) is 31.0. The fourth-order valence-electron chi connectivity index (χ4n) is 9.07. The van der Waals surface area contributed by atoms with Gasteiger partial charge in [-0.25, -0.2) is 0 Å². The third-order valence-corrected chi connectivity index (χ3v) is 11.3. The van der Waals surface area contributed by atoms with E-state index < -0.39 is 35.5 Å². The quantitative estimate of drug-likeness (QED) is 0.257. The van der Waals surface area contributed by atoms with E-state index in [0.717, 1.165) is 30.5 Å². The minimum Gasteiger partial charge on any atom is -0.481 e. The highest BCUT2D eigenvalue weighted by molar-refractivity contribution is 5.96. The number of rotatable bonds is 10. The summed E-state index contributed by atoms with van der Waals surface area (Å²) in [4.78, 5) is 41.8. The summed E-state index contributed by atoms with van der Waals surface area (Å²) >= 11 is 0. The van der Waals surface area contributed by atoms with Crippen LogP contribution >= 0.6 is 0 Å². The number of carboxylic acid groups (broad SMARTS) is 1. The molecule has 10 heteroatoms. The van der Waals surface area contributed by atoms with Gasteiger partial charge in [-0.05, 0) is 79.8 Å². The molecule has 0 bridgehead atoms. The number of hydrogen-bond acceptors (Lipinski definition) is 8. The molecule has 0 saturated heterocycles. The number of Topliss-reactive ketones (excluding diaryl/α,β-unsaturated/α-hetero) is 1. The molecule has 0 radical (unpaired) electrons. The lowest BCUT2D eigenvalue weighted by atomic mass is 9.45. The molecule has 3 fully saturated rings. The Morgan fingerprint density at radius 2 is 1.86 bits per heavy atom. The van der Waals surface area contributed by atoms with E-state index in [2.05, 4.69) is 17.4 Å². The summed E-state index contributed by atoms with van der Waals surface area (Å²) in [6, 6.07) is 9.22. The lowest BCUT2D eigenvalue weighted by Crippen LogP contribution is -2.62. The number of hydrogen-bond donors (Lipinski definition) is 5. The molecule has 3 saturated carbocycles. The molecule has 1 amide bonds. The summed E-state index contributed by atoms with van der Waals surface area (Å²) < 4.78 is 0. The maximum absolute atomic E-state index is 12.6. The molecule has 0 aliphatic heterocycles. The van der Waals surface area contributed by atoms with Crippen LogP contribution in [-0.4, -0.2) is 75.3 Å². The van der Waals surface area contributed by atoms with Gasteiger partial charge in [0.25, 0.3) is 5.91 Å². The number of allylic oxidation sites excluding steroid dienone is 2. The van der Waals surface area contributed by atoms with Crippen LogP contribution in [0.5, 0.6) is 0 Å². The van der Waals surface area contributed by atoms with E-state index in [9.17, 15) is 34.8 Å². The molecular weight excluding hydrogens is 552 g/mol. The van der Waals surface area contributed by atoms with Gasteiger partial charge < -0.3 is 30.6 Å². The summed E-state index contributed by atoms with van der Waals surface area (Å²) in [5, 5.41) is 48.8. The molecule has 10 nitrogen and oxygen atoms in total. The molecule has 5 rings (SSSR count). The van der Waals surface area contributed by atoms with Gasteiger partial charge in [0.1, 0.15) is 12.2 Å². The molecule has 43 heavy (non-hydrogen) atoms. The number of carbonyl (C=O) groups excluding carboxylic acids is 2. The van der Waals surface area contributed by atoms with Gasteiger partial charge in [-0.15, -0.1) is 0 Å².